The van der Waals surface area contributed by atoms with Gasteiger partial charge >= 0.3 is 0 Å². The molecule has 61 heavy (non-hydrogen) atoms. The molecule has 10 aromatic carbocycles. The molecule has 0 saturated carbocycles. The first-order valence-corrected chi connectivity index (χ1v) is 21.6. The quantitative estimate of drug-likeness (QED) is 0.155. The third kappa shape index (κ3) is 6.41. The lowest BCUT2D eigenvalue weighted by Gasteiger charge is -2.30. The van der Waals surface area contributed by atoms with Crippen molar-refractivity contribution in [3.8, 4) is 0 Å². The van der Waals surface area contributed by atoms with Crippen molar-refractivity contribution in [3.05, 3.63) is 202 Å². The molecule has 0 N–H and O–H groups in total. The molecule has 0 heterocycles. The highest BCUT2D eigenvalue weighted by molar-refractivity contribution is 6.39. The van der Waals surface area contributed by atoms with Gasteiger partial charge in [0.2, 0.25) is 0 Å². The van der Waals surface area contributed by atoms with E-state index in [-0.39, 0.29) is 0 Å². The smallest absolute Gasteiger partial charge is 0.0491 e. The predicted molar refractivity (Wildman–Crippen MR) is 266 cm³/mol. The standard InChI is InChI=1S/C59H52N2/c1-35-15-24-54(40(6)28-35)60(55-25-16-36(2)29-41(55)7)44-19-22-49-52(33-44)46-12-10-11-13-47(46)58-50-23-20-45(34-53(50)51-32-39(5)14-21-48(51)59(49)58)61(56-26-17-37(3)30-42(56)8)57-27-18-38(4)31-43(57)9/h10-34H,1-9H3. The molecule has 0 saturated heterocycles. The van der Waals surface area contributed by atoms with Gasteiger partial charge in [-0.15, -0.1) is 0 Å². The molecule has 10 rings (SSSR count). The molecule has 0 aliphatic rings. The zero-order valence-electron chi connectivity index (χ0n) is 36.8. The van der Waals surface area contributed by atoms with E-state index in [1.165, 1.54) is 127 Å². The molecule has 10 aromatic rings. The van der Waals surface area contributed by atoms with E-state index in [2.05, 4.69) is 224 Å². The summed E-state index contributed by atoms with van der Waals surface area (Å²) in [4.78, 5) is 4.93. The maximum atomic E-state index is 2.46. The summed E-state index contributed by atoms with van der Waals surface area (Å²) in [6.45, 7) is 19.9. The van der Waals surface area contributed by atoms with Crippen LogP contribution < -0.4 is 9.80 Å². The van der Waals surface area contributed by atoms with Crippen LogP contribution in [0.5, 0.6) is 0 Å². The van der Waals surface area contributed by atoms with E-state index in [1.54, 1.807) is 0 Å². The number of nitrogens with zero attached hydrogens (tertiary/aromatic N) is 2. The Balaban J connectivity index is 1.28. The van der Waals surface area contributed by atoms with E-state index >= 15 is 0 Å². The number of hydrogen-bond acceptors (Lipinski definition) is 2. The average Bonchev–Trinajstić information content (AvgIpc) is 3.23. The number of aryl methyl sites for hydroxylation is 9. The third-order valence-electron chi connectivity index (χ3n) is 12.9. The minimum Gasteiger partial charge on any atom is -0.310 e. The van der Waals surface area contributed by atoms with Gasteiger partial charge in [0.15, 0.2) is 0 Å². The molecular formula is C59H52N2. The SMILES string of the molecule is Cc1ccc(N(c2ccc3c(c2)c2cc(C)ccc2c2c4ccc(N(c5ccc(C)cc5C)c5ccc(C)cc5C)cc4c4ccccc4c32)c2ccc(C)cc2C)c(C)c1. The zero-order chi connectivity index (χ0) is 42.3. The molecule has 0 spiro atoms. The molecule has 0 bridgehead atoms. The van der Waals surface area contributed by atoms with Crippen LogP contribution in [0.3, 0.4) is 0 Å². The average molecular weight is 789 g/mol. The van der Waals surface area contributed by atoms with Gasteiger partial charge in [0.1, 0.15) is 0 Å². The van der Waals surface area contributed by atoms with Crippen molar-refractivity contribution in [1.82, 2.24) is 0 Å². The van der Waals surface area contributed by atoms with Gasteiger partial charge < -0.3 is 9.80 Å². The zero-order valence-corrected chi connectivity index (χ0v) is 36.8. The van der Waals surface area contributed by atoms with E-state index in [1.807, 2.05) is 0 Å². The number of fused-ring (bicyclic) bond motifs is 11. The Morgan fingerprint density at radius 3 is 0.934 bits per heavy atom. The topological polar surface area (TPSA) is 6.48 Å². The van der Waals surface area contributed by atoms with Crippen molar-refractivity contribution >= 4 is 88.0 Å². The van der Waals surface area contributed by atoms with Crippen molar-refractivity contribution in [2.24, 2.45) is 0 Å². The number of rotatable bonds is 6. The van der Waals surface area contributed by atoms with Gasteiger partial charge in [-0.2, -0.15) is 0 Å². The van der Waals surface area contributed by atoms with Crippen molar-refractivity contribution in [3.63, 3.8) is 0 Å². The molecular weight excluding hydrogens is 737 g/mol. The van der Waals surface area contributed by atoms with Crippen LogP contribution in [0.2, 0.25) is 0 Å². The lowest BCUT2D eigenvalue weighted by molar-refractivity contribution is 1.21. The van der Waals surface area contributed by atoms with Crippen LogP contribution in [0, 0.1) is 62.3 Å². The third-order valence-corrected chi connectivity index (χ3v) is 12.9. The molecule has 0 aliphatic carbocycles. The minimum absolute atomic E-state index is 1.15. The van der Waals surface area contributed by atoms with Crippen LogP contribution >= 0.6 is 0 Å². The fourth-order valence-corrected chi connectivity index (χ4v) is 10.1. The van der Waals surface area contributed by atoms with Gasteiger partial charge in [0.05, 0.1) is 0 Å². The van der Waals surface area contributed by atoms with Gasteiger partial charge in [-0.1, -0.05) is 131 Å². The predicted octanol–water partition coefficient (Wildman–Crippen LogP) is 17.2. The minimum atomic E-state index is 1.15. The van der Waals surface area contributed by atoms with Crippen LogP contribution in [0.15, 0.2) is 152 Å². The fourth-order valence-electron chi connectivity index (χ4n) is 10.1. The first-order chi connectivity index (χ1) is 29.4. The van der Waals surface area contributed by atoms with Crippen LogP contribution in [0.25, 0.3) is 53.9 Å². The Morgan fingerprint density at radius 2 is 0.541 bits per heavy atom. The maximum absolute atomic E-state index is 2.46. The lowest BCUT2D eigenvalue weighted by Crippen LogP contribution is -2.13. The highest BCUT2D eigenvalue weighted by Gasteiger charge is 2.23. The van der Waals surface area contributed by atoms with E-state index in [0.29, 0.717) is 0 Å². The molecule has 0 unspecified atom stereocenters. The molecule has 298 valence electrons. The van der Waals surface area contributed by atoms with Crippen LogP contribution in [0.4, 0.5) is 34.1 Å². The van der Waals surface area contributed by atoms with Crippen molar-refractivity contribution in [2.75, 3.05) is 9.80 Å². The van der Waals surface area contributed by atoms with E-state index in [9.17, 15) is 0 Å². The molecule has 2 nitrogen and oxygen atoms in total. The Bertz CT molecular complexity index is 3320. The Labute approximate surface area is 360 Å². The Hall–Kier alpha value is -6.90. The monoisotopic (exact) mass is 788 g/mol. The van der Waals surface area contributed by atoms with Crippen molar-refractivity contribution in [1.29, 1.82) is 0 Å². The number of benzene rings is 10. The van der Waals surface area contributed by atoms with Crippen LogP contribution in [-0.4, -0.2) is 0 Å². The Kier molecular flexibility index (Phi) is 9.22. The normalized spacial score (nSPS) is 11.7. The summed E-state index contributed by atoms with van der Waals surface area (Å²) in [6.07, 6.45) is 0. The van der Waals surface area contributed by atoms with Crippen LogP contribution in [-0.2, 0) is 0 Å². The van der Waals surface area contributed by atoms with Gasteiger partial charge in [-0.25, -0.2) is 0 Å². The largest absolute Gasteiger partial charge is 0.310 e. The molecule has 0 radical (unpaired) electrons. The maximum Gasteiger partial charge on any atom is 0.0491 e. The summed E-state index contributed by atoms with van der Waals surface area (Å²) in [5, 5.41) is 12.8. The van der Waals surface area contributed by atoms with Gasteiger partial charge in [0, 0.05) is 34.1 Å². The van der Waals surface area contributed by atoms with Crippen LogP contribution in [0.1, 0.15) is 50.1 Å². The van der Waals surface area contributed by atoms with Crippen molar-refractivity contribution in [2.45, 2.75) is 62.3 Å². The second-order valence-corrected chi connectivity index (χ2v) is 17.6. The first-order valence-electron chi connectivity index (χ1n) is 21.6. The van der Waals surface area contributed by atoms with Gasteiger partial charge in [-0.3, -0.25) is 0 Å². The molecule has 0 aliphatic heterocycles. The second kappa shape index (κ2) is 14.7. The highest BCUT2D eigenvalue weighted by atomic mass is 15.2. The molecule has 2 heteroatoms. The van der Waals surface area contributed by atoms with Crippen molar-refractivity contribution < 1.29 is 0 Å². The molecule has 0 aromatic heterocycles. The van der Waals surface area contributed by atoms with Gasteiger partial charge in [0.25, 0.3) is 0 Å². The highest BCUT2D eigenvalue weighted by Crippen LogP contribution is 2.48. The summed E-state index contributed by atoms with van der Waals surface area (Å²) >= 11 is 0. The van der Waals surface area contributed by atoms with E-state index in [0.717, 1.165) is 11.4 Å². The molecule has 0 atom stereocenters. The summed E-state index contributed by atoms with van der Waals surface area (Å²) in [5.41, 5.74) is 18.4. The van der Waals surface area contributed by atoms with Gasteiger partial charge in [-0.05, 0) is 187 Å². The summed E-state index contributed by atoms with van der Waals surface area (Å²) in [6, 6.07) is 57.7. The van der Waals surface area contributed by atoms with E-state index < -0.39 is 0 Å². The molecule has 0 amide bonds. The Morgan fingerprint density at radius 1 is 0.246 bits per heavy atom. The first kappa shape index (κ1) is 38.3. The molecule has 0 fully saturated rings. The second-order valence-electron chi connectivity index (χ2n) is 17.6. The number of anilines is 6. The summed E-state index contributed by atoms with van der Waals surface area (Å²) in [7, 11) is 0. The van der Waals surface area contributed by atoms with E-state index in [4.69, 9.17) is 0 Å². The lowest BCUT2D eigenvalue weighted by atomic mass is 9.86. The fraction of sp³-hybridized carbons (Fsp3) is 0.153. The summed E-state index contributed by atoms with van der Waals surface area (Å²) < 4.78 is 0. The summed E-state index contributed by atoms with van der Waals surface area (Å²) in [5.74, 6) is 0. The number of hydrogen-bond donors (Lipinski definition) is 0.